The van der Waals surface area contributed by atoms with Crippen molar-refractivity contribution in [2.75, 3.05) is 25.4 Å². The molecular weight excluding hydrogens is 512 g/mol. The van der Waals surface area contributed by atoms with Crippen LogP contribution in [0.5, 0.6) is 0 Å². The first kappa shape index (κ1) is 33.8. The summed E-state index contributed by atoms with van der Waals surface area (Å²) in [7, 11) is -1.97. The Balaban J connectivity index is 2.25. The summed E-state index contributed by atoms with van der Waals surface area (Å²) in [5, 5.41) is 5.33. The number of thioether (sulfide) groups is 1. The third-order valence-electron chi connectivity index (χ3n) is 6.64. The van der Waals surface area contributed by atoms with Gasteiger partial charge in [-0.2, -0.15) is 0 Å². The molecule has 214 valence electrons. The molecule has 2 amide bonds. The zero-order valence-corrected chi connectivity index (χ0v) is 26.2. The minimum Gasteiger partial charge on any atom is -0.414 e. The van der Waals surface area contributed by atoms with Crippen LogP contribution in [-0.2, 0) is 33.1 Å². The average molecular weight is 561 g/mol. The van der Waals surface area contributed by atoms with E-state index in [1.54, 1.807) is 13.8 Å². The lowest BCUT2D eigenvalue weighted by atomic mass is 9.85. The predicted molar refractivity (Wildman–Crippen MR) is 149 cm³/mol. The number of Topliss-reactive ketones (excluding diaryl/α,β-unsaturated/α-hetero) is 1. The lowest BCUT2D eigenvalue weighted by molar-refractivity contribution is -0.304. The van der Waals surface area contributed by atoms with Crippen molar-refractivity contribution in [2.45, 2.75) is 111 Å². The fourth-order valence-corrected chi connectivity index (χ4v) is 5.62. The van der Waals surface area contributed by atoms with Crippen LogP contribution in [-0.4, -0.2) is 74.5 Å². The smallest absolute Gasteiger partial charge is 0.249 e. The van der Waals surface area contributed by atoms with E-state index in [0.717, 1.165) is 11.8 Å². The molecular formula is C26H48N2O7SSi. The molecule has 2 N–H and O–H groups in total. The summed E-state index contributed by atoms with van der Waals surface area (Å²) in [6, 6.07) is 0. The van der Waals surface area contributed by atoms with E-state index >= 15 is 0 Å². The first-order valence-electron chi connectivity index (χ1n) is 13.0. The van der Waals surface area contributed by atoms with Crippen molar-refractivity contribution < 1.29 is 33.1 Å². The van der Waals surface area contributed by atoms with Gasteiger partial charge in [0.15, 0.2) is 19.2 Å². The summed E-state index contributed by atoms with van der Waals surface area (Å²) in [5.74, 6) is -1.11. The molecule has 0 spiro atoms. The molecule has 1 aliphatic heterocycles. The summed E-state index contributed by atoms with van der Waals surface area (Å²) in [4.78, 5) is 49.1. The maximum atomic E-state index is 12.6. The second kappa shape index (κ2) is 13.7. The van der Waals surface area contributed by atoms with Gasteiger partial charge in [0.2, 0.25) is 11.8 Å². The Bertz CT molecular complexity index is 824. The topological polar surface area (TPSA) is 120 Å². The van der Waals surface area contributed by atoms with Gasteiger partial charge in [0.25, 0.3) is 0 Å². The molecule has 11 heteroatoms. The van der Waals surface area contributed by atoms with Crippen molar-refractivity contribution in [1.82, 2.24) is 10.6 Å². The summed E-state index contributed by atoms with van der Waals surface area (Å²) < 4.78 is 17.6. The van der Waals surface area contributed by atoms with Crippen LogP contribution < -0.4 is 10.6 Å². The minimum atomic E-state index is -1.97. The van der Waals surface area contributed by atoms with E-state index < -0.39 is 25.6 Å². The van der Waals surface area contributed by atoms with Gasteiger partial charge in [-0.25, -0.2) is 0 Å². The van der Waals surface area contributed by atoms with Gasteiger partial charge in [0, 0.05) is 43.2 Å². The largest absolute Gasteiger partial charge is 0.414 e. The molecule has 0 aromatic carbocycles. The van der Waals surface area contributed by atoms with Crippen LogP contribution in [0.4, 0.5) is 0 Å². The highest BCUT2D eigenvalue weighted by atomic mass is 32.2. The molecule has 0 unspecified atom stereocenters. The molecule has 0 bridgehead atoms. The van der Waals surface area contributed by atoms with Crippen LogP contribution in [0.1, 0.15) is 74.7 Å². The van der Waals surface area contributed by atoms with Crippen molar-refractivity contribution in [3.63, 3.8) is 0 Å². The maximum Gasteiger partial charge on any atom is 0.249 e. The lowest BCUT2D eigenvalue weighted by Crippen LogP contribution is -2.56. The van der Waals surface area contributed by atoms with Crippen molar-refractivity contribution in [1.29, 1.82) is 0 Å². The van der Waals surface area contributed by atoms with E-state index in [1.165, 1.54) is 0 Å². The maximum absolute atomic E-state index is 12.6. The lowest BCUT2D eigenvalue weighted by Gasteiger charge is -2.44. The first-order valence-corrected chi connectivity index (χ1v) is 16.9. The molecule has 37 heavy (non-hydrogen) atoms. The first-order chi connectivity index (χ1) is 16.8. The van der Waals surface area contributed by atoms with Crippen molar-refractivity contribution >= 4 is 42.8 Å². The zero-order valence-electron chi connectivity index (χ0n) is 24.4. The second-order valence-corrected chi connectivity index (χ2v) is 18.3. The van der Waals surface area contributed by atoms with Gasteiger partial charge in [-0.3, -0.25) is 19.2 Å². The monoisotopic (exact) mass is 560 g/mol. The van der Waals surface area contributed by atoms with E-state index in [-0.39, 0.29) is 59.7 Å². The number of carbonyl (C=O) groups excluding carboxylic acids is 4. The zero-order chi connectivity index (χ0) is 28.7. The number of hydrogen-bond acceptors (Lipinski definition) is 8. The average Bonchev–Trinajstić information content (AvgIpc) is 2.71. The molecule has 0 aromatic heterocycles. The molecule has 1 rings (SSSR count). The van der Waals surface area contributed by atoms with E-state index in [4.69, 9.17) is 13.9 Å². The normalized spacial score (nSPS) is 20.1. The molecule has 9 nitrogen and oxygen atoms in total. The minimum absolute atomic E-state index is 0.0549. The molecule has 1 aliphatic rings. The Morgan fingerprint density at radius 3 is 2.30 bits per heavy atom. The molecule has 1 saturated heterocycles. The number of rotatable bonds is 13. The van der Waals surface area contributed by atoms with Gasteiger partial charge < -0.3 is 24.5 Å². The van der Waals surface area contributed by atoms with Crippen LogP contribution in [0.2, 0.25) is 18.1 Å². The standard InChI is InChI=1S/C26H48N2O7SSi/c1-18(35-37(9,10)24(2,3)4)15-19(29)16-21(31)36-14-13-27-20(30)11-12-28-23(32)22-25(5,6)17-33-26(7,8)34-22/h18,22H,11-17H2,1-10H3,(H,27,30)(H,28,32)/t18-,22-/m0/s1. The predicted octanol–water partition coefficient (Wildman–Crippen LogP) is 3.81. The van der Waals surface area contributed by atoms with Gasteiger partial charge >= 0.3 is 0 Å². The Hall–Kier alpha value is -1.27. The number of nitrogens with one attached hydrogen (secondary N) is 2. The number of hydrogen-bond donors (Lipinski definition) is 2. The van der Waals surface area contributed by atoms with Gasteiger partial charge in [0.05, 0.1) is 13.0 Å². The molecule has 2 atom stereocenters. The summed E-state index contributed by atoms with van der Waals surface area (Å²) >= 11 is 1.03. The van der Waals surface area contributed by atoms with Gasteiger partial charge in [-0.1, -0.05) is 46.4 Å². The Morgan fingerprint density at radius 2 is 1.70 bits per heavy atom. The van der Waals surface area contributed by atoms with Crippen LogP contribution in [0.15, 0.2) is 0 Å². The summed E-state index contributed by atoms with van der Waals surface area (Å²) in [6.45, 7) is 20.8. The SMILES string of the molecule is C[C@@H](CC(=O)CC(=O)SCCNC(=O)CCNC(=O)[C@@H]1OC(C)(C)OCC1(C)C)O[Si](C)(C)C(C)(C)C. The fourth-order valence-electron chi connectivity index (χ4n) is 3.48. The molecule has 1 fully saturated rings. The van der Waals surface area contributed by atoms with Crippen molar-refractivity contribution in [2.24, 2.45) is 5.41 Å². The van der Waals surface area contributed by atoms with Crippen LogP contribution in [0, 0.1) is 5.41 Å². The van der Waals surface area contributed by atoms with Gasteiger partial charge in [-0.05, 0) is 38.9 Å². The Kier molecular flexibility index (Phi) is 12.5. The highest BCUT2D eigenvalue weighted by molar-refractivity contribution is 8.13. The van der Waals surface area contributed by atoms with Gasteiger partial charge in [-0.15, -0.1) is 0 Å². The van der Waals surface area contributed by atoms with E-state index in [0.29, 0.717) is 18.9 Å². The highest BCUT2D eigenvalue weighted by Gasteiger charge is 2.45. The summed E-state index contributed by atoms with van der Waals surface area (Å²) in [5.41, 5.74) is -0.483. The van der Waals surface area contributed by atoms with E-state index in [2.05, 4.69) is 44.5 Å². The third-order valence-corrected chi connectivity index (χ3v) is 12.1. The molecule has 0 aromatic rings. The van der Waals surface area contributed by atoms with E-state index in [9.17, 15) is 19.2 Å². The van der Waals surface area contributed by atoms with Crippen LogP contribution in [0.25, 0.3) is 0 Å². The van der Waals surface area contributed by atoms with Crippen molar-refractivity contribution in [3.8, 4) is 0 Å². The molecule has 0 saturated carbocycles. The van der Waals surface area contributed by atoms with Gasteiger partial charge in [0.1, 0.15) is 11.9 Å². The fraction of sp³-hybridized carbons (Fsp3) is 0.846. The van der Waals surface area contributed by atoms with E-state index in [1.807, 2.05) is 20.8 Å². The van der Waals surface area contributed by atoms with Crippen molar-refractivity contribution in [3.05, 3.63) is 0 Å². The highest BCUT2D eigenvalue weighted by Crippen LogP contribution is 2.37. The Labute approximate surface area is 228 Å². The third kappa shape index (κ3) is 12.0. The van der Waals surface area contributed by atoms with Crippen LogP contribution in [0.3, 0.4) is 0 Å². The number of carbonyl (C=O) groups is 4. The molecule has 0 radical (unpaired) electrons. The number of ether oxygens (including phenoxy) is 2. The molecule has 0 aliphatic carbocycles. The Morgan fingerprint density at radius 1 is 1.08 bits per heavy atom. The quantitative estimate of drug-likeness (QED) is 0.198. The molecule has 1 heterocycles. The summed E-state index contributed by atoms with van der Waals surface area (Å²) in [6.07, 6.45) is -0.707. The number of amides is 2. The number of ketones is 1. The van der Waals surface area contributed by atoms with Crippen LogP contribution >= 0.6 is 11.8 Å². The second-order valence-electron chi connectivity index (χ2n) is 12.4.